The fourth-order valence-corrected chi connectivity index (χ4v) is 1.64. The second kappa shape index (κ2) is 7.93. The van der Waals surface area contributed by atoms with Crippen LogP contribution in [0.4, 0.5) is 13.2 Å². The van der Waals surface area contributed by atoms with Gasteiger partial charge in [-0.2, -0.15) is 13.2 Å². The van der Waals surface area contributed by atoms with Crippen molar-refractivity contribution in [3.05, 3.63) is 0 Å². The Morgan fingerprint density at radius 3 is 2.18 bits per heavy atom. The molecular formula is C12H25F3N2. The van der Waals surface area contributed by atoms with Crippen molar-refractivity contribution < 1.29 is 13.2 Å². The monoisotopic (exact) mass is 254 g/mol. The van der Waals surface area contributed by atoms with E-state index in [2.05, 4.69) is 19.2 Å². The predicted molar refractivity (Wildman–Crippen MR) is 65.1 cm³/mol. The number of rotatable bonds is 8. The molecule has 0 aliphatic carbocycles. The summed E-state index contributed by atoms with van der Waals surface area (Å²) in [7, 11) is 0. The molecule has 1 atom stereocenters. The molecule has 0 saturated heterocycles. The van der Waals surface area contributed by atoms with Crippen LogP contribution in [0.5, 0.6) is 0 Å². The van der Waals surface area contributed by atoms with Crippen molar-refractivity contribution in [3.63, 3.8) is 0 Å². The highest BCUT2D eigenvalue weighted by Crippen LogP contribution is 2.17. The first kappa shape index (κ1) is 16.7. The van der Waals surface area contributed by atoms with Crippen LogP contribution in [0.15, 0.2) is 0 Å². The van der Waals surface area contributed by atoms with Gasteiger partial charge in [0.05, 0.1) is 6.54 Å². The molecule has 0 aliphatic heterocycles. The molecule has 104 valence electrons. The van der Waals surface area contributed by atoms with E-state index in [-0.39, 0.29) is 6.04 Å². The molecule has 1 unspecified atom stereocenters. The summed E-state index contributed by atoms with van der Waals surface area (Å²) in [6, 6.07) is -0.0891. The number of hydrogen-bond acceptors (Lipinski definition) is 2. The van der Waals surface area contributed by atoms with E-state index in [1.54, 1.807) is 6.92 Å². The molecule has 0 aliphatic rings. The third-order valence-electron chi connectivity index (χ3n) is 2.75. The maximum Gasteiger partial charge on any atom is 0.401 e. The van der Waals surface area contributed by atoms with Gasteiger partial charge in [-0.25, -0.2) is 0 Å². The number of hydrogen-bond donors (Lipinski definition) is 1. The van der Waals surface area contributed by atoms with Crippen LogP contribution in [-0.4, -0.2) is 43.3 Å². The summed E-state index contributed by atoms with van der Waals surface area (Å²) in [6.45, 7) is 8.93. The van der Waals surface area contributed by atoms with Crippen molar-refractivity contribution in [2.24, 2.45) is 5.92 Å². The smallest absolute Gasteiger partial charge is 0.315 e. The Balaban J connectivity index is 3.88. The highest BCUT2D eigenvalue weighted by Gasteiger charge is 2.31. The number of halogens is 3. The normalized spacial score (nSPS) is 14.6. The van der Waals surface area contributed by atoms with Gasteiger partial charge < -0.3 is 5.32 Å². The molecule has 0 rings (SSSR count). The van der Waals surface area contributed by atoms with Crippen LogP contribution in [0.1, 0.15) is 34.1 Å². The molecular weight excluding hydrogens is 229 g/mol. The molecule has 2 nitrogen and oxygen atoms in total. The zero-order valence-electron chi connectivity index (χ0n) is 11.3. The molecule has 1 N–H and O–H groups in total. The lowest BCUT2D eigenvalue weighted by atomic mass is 10.1. The third kappa shape index (κ3) is 9.41. The van der Waals surface area contributed by atoms with Crippen molar-refractivity contribution >= 4 is 0 Å². The van der Waals surface area contributed by atoms with E-state index in [9.17, 15) is 13.2 Å². The Morgan fingerprint density at radius 1 is 1.18 bits per heavy atom. The molecule has 5 heteroatoms. The molecule has 0 spiro atoms. The minimum atomic E-state index is -4.11. The molecule has 0 radical (unpaired) electrons. The summed E-state index contributed by atoms with van der Waals surface area (Å²) >= 11 is 0. The van der Waals surface area contributed by atoms with Crippen LogP contribution < -0.4 is 5.32 Å². The van der Waals surface area contributed by atoms with Crippen molar-refractivity contribution in [2.75, 3.05) is 26.2 Å². The van der Waals surface area contributed by atoms with Gasteiger partial charge in [0, 0.05) is 12.6 Å². The Hall–Kier alpha value is -0.290. The zero-order chi connectivity index (χ0) is 13.5. The average molecular weight is 254 g/mol. The van der Waals surface area contributed by atoms with Crippen LogP contribution in [0.3, 0.4) is 0 Å². The molecule has 0 saturated carbocycles. The summed E-state index contributed by atoms with van der Waals surface area (Å²) in [5.41, 5.74) is 0. The van der Waals surface area contributed by atoms with Gasteiger partial charge in [0.25, 0.3) is 0 Å². The number of alkyl halides is 3. The zero-order valence-corrected chi connectivity index (χ0v) is 11.3. The molecule has 0 bridgehead atoms. The van der Waals surface area contributed by atoms with Gasteiger partial charge in [0.1, 0.15) is 0 Å². The van der Waals surface area contributed by atoms with Gasteiger partial charge in [-0.15, -0.1) is 0 Å². The second-order valence-corrected chi connectivity index (χ2v) is 4.91. The second-order valence-electron chi connectivity index (χ2n) is 4.91. The van der Waals surface area contributed by atoms with Gasteiger partial charge in [0.2, 0.25) is 0 Å². The van der Waals surface area contributed by atoms with Crippen molar-refractivity contribution in [3.8, 4) is 0 Å². The molecule has 0 aromatic carbocycles. The summed E-state index contributed by atoms with van der Waals surface area (Å²) in [6.07, 6.45) is -3.06. The van der Waals surface area contributed by atoms with E-state index in [0.717, 1.165) is 13.0 Å². The standard InChI is InChI=1S/C12H25F3N2/c1-5-17(9-12(13,14)15)11(4)8-16-7-6-10(2)3/h10-11,16H,5-9H2,1-4H3. The molecule has 0 heterocycles. The highest BCUT2D eigenvalue weighted by molar-refractivity contribution is 4.71. The van der Waals surface area contributed by atoms with Crippen LogP contribution in [0, 0.1) is 5.92 Å². The lowest BCUT2D eigenvalue weighted by Crippen LogP contribution is -2.45. The van der Waals surface area contributed by atoms with Crippen LogP contribution in [0.25, 0.3) is 0 Å². The molecule has 0 aromatic rings. The topological polar surface area (TPSA) is 15.3 Å². The molecule has 17 heavy (non-hydrogen) atoms. The van der Waals surface area contributed by atoms with Crippen LogP contribution in [-0.2, 0) is 0 Å². The van der Waals surface area contributed by atoms with Gasteiger partial charge in [-0.3, -0.25) is 4.90 Å². The summed E-state index contributed by atoms with van der Waals surface area (Å²) < 4.78 is 36.9. The highest BCUT2D eigenvalue weighted by atomic mass is 19.4. The minimum absolute atomic E-state index is 0.0891. The summed E-state index contributed by atoms with van der Waals surface area (Å²) in [5.74, 6) is 0.621. The maximum atomic E-state index is 12.3. The first-order chi connectivity index (χ1) is 7.76. The minimum Gasteiger partial charge on any atom is -0.315 e. The maximum absolute atomic E-state index is 12.3. The van der Waals surface area contributed by atoms with E-state index >= 15 is 0 Å². The van der Waals surface area contributed by atoms with Gasteiger partial charge >= 0.3 is 6.18 Å². The van der Waals surface area contributed by atoms with Crippen molar-refractivity contribution in [2.45, 2.75) is 46.3 Å². The molecule has 0 amide bonds. The first-order valence-electron chi connectivity index (χ1n) is 6.27. The van der Waals surface area contributed by atoms with Gasteiger partial charge in [-0.1, -0.05) is 20.8 Å². The average Bonchev–Trinajstić information content (AvgIpc) is 2.19. The first-order valence-corrected chi connectivity index (χ1v) is 6.27. The number of nitrogens with one attached hydrogen (secondary N) is 1. The van der Waals surface area contributed by atoms with E-state index < -0.39 is 12.7 Å². The summed E-state index contributed by atoms with van der Waals surface area (Å²) in [5, 5.41) is 3.21. The van der Waals surface area contributed by atoms with E-state index in [4.69, 9.17) is 0 Å². The van der Waals surface area contributed by atoms with E-state index in [1.165, 1.54) is 4.90 Å². The lowest BCUT2D eigenvalue weighted by molar-refractivity contribution is -0.149. The van der Waals surface area contributed by atoms with Gasteiger partial charge in [-0.05, 0) is 32.4 Å². The number of nitrogens with zero attached hydrogens (tertiary/aromatic N) is 1. The van der Waals surface area contributed by atoms with E-state index in [1.807, 2.05) is 6.92 Å². The van der Waals surface area contributed by atoms with Crippen molar-refractivity contribution in [1.29, 1.82) is 0 Å². The molecule has 0 fully saturated rings. The van der Waals surface area contributed by atoms with Crippen LogP contribution in [0.2, 0.25) is 0 Å². The Bertz CT molecular complexity index is 193. The largest absolute Gasteiger partial charge is 0.401 e. The van der Waals surface area contributed by atoms with Gasteiger partial charge in [0.15, 0.2) is 0 Å². The number of likely N-dealkylation sites (N-methyl/N-ethyl adjacent to an activating group) is 1. The third-order valence-corrected chi connectivity index (χ3v) is 2.75. The molecule has 0 aromatic heterocycles. The van der Waals surface area contributed by atoms with Crippen molar-refractivity contribution in [1.82, 2.24) is 10.2 Å². The van der Waals surface area contributed by atoms with Crippen LogP contribution >= 0.6 is 0 Å². The SMILES string of the molecule is CCN(CC(F)(F)F)C(C)CNCCC(C)C. The van der Waals surface area contributed by atoms with E-state index in [0.29, 0.717) is 19.0 Å². The lowest BCUT2D eigenvalue weighted by Gasteiger charge is -2.28. The quantitative estimate of drug-likeness (QED) is 0.670. The predicted octanol–water partition coefficient (Wildman–Crippen LogP) is 2.89. The summed E-state index contributed by atoms with van der Waals surface area (Å²) in [4.78, 5) is 1.45. The Morgan fingerprint density at radius 2 is 1.76 bits per heavy atom. The Labute approximate surface area is 103 Å². The Kier molecular flexibility index (Phi) is 7.79. The fraction of sp³-hybridized carbons (Fsp3) is 1.00. The fourth-order valence-electron chi connectivity index (χ4n) is 1.64.